The molecule has 0 saturated carbocycles. The Kier molecular flexibility index (Phi) is 5.48. The summed E-state index contributed by atoms with van der Waals surface area (Å²) in [5, 5.41) is 2.77. The van der Waals surface area contributed by atoms with Crippen molar-refractivity contribution < 1.29 is 4.79 Å². The minimum absolute atomic E-state index is 0.0175. The van der Waals surface area contributed by atoms with Crippen LogP contribution in [0.1, 0.15) is 27.7 Å². The van der Waals surface area contributed by atoms with Crippen LogP contribution >= 0.6 is 0 Å². The third-order valence-corrected chi connectivity index (χ3v) is 2.80. The first-order valence-electron chi connectivity index (χ1n) is 6.37. The van der Waals surface area contributed by atoms with Gasteiger partial charge in [-0.1, -0.05) is 6.08 Å². The monoisotopic (exact) mass is 262 g/mol. The van der Waals surface area contributed by atoms with E-state index in [2.05, 4.69) is 21.9 Å². The smallest absolute Gasteiger partial charge is 0.242 e. The lowest BCUT2D eigenvalue weighted by atomic mass is 10.2. The number of aliphatic imine (C=N–C) groups is 2. The number of nitrogens with one attached hydrogen (secondary N) is 1. The van der Waals surface area contributed by atoms with Gasteiger partial charge in [0.1, 0.15) is 12.7 Å². The van der Waals surface area contributed by atoms with Crippen LogP contribution in [0.5, 0.6) is 0 Å². The average Bonchev–Trinajstić information content (AvgIpc) is 2.32. The summed E-state index contributed by atoms with van der Waals surface area (Å²) >= 11 is 0. The Morgan fingerprint density at radius 3 is 2.95 bits per heavy atom. The normalized spacial score (nSPS) is 20.8. The molecular formula is C14H22N4O. The van der Waals surface area contributed by atoms with Crippen molar-refractivity contribution >= 4 is 18.0 Å². The molecule has 5 nitrogen and oxygen atoms in total. The summed E-state index contributed by atoms with van der Waals surface area (Å²) in [5.41, 5.74) is 2.08. The summed E-state index contributed by atoms with van der Waals surface area (Å²) < 4.78 is 0. The topological polar surface area (TPSA) is 57.1 Å². The van der Waals surface area contributed by atoms with Crippen molar-refractivity contribution in [1.82, 2.24) is 10.2 Å². The van der Waals surface area contributed by atoms with E-state index in [-0.39, 0.29) is 24.7 Å². The number of allylic oxidation sites excluding steroid dienone is 2. The molecule has 0 fully saturated rings. The second-order valence-electron chi connectivity index (χ2n) is 4.64. The van der Waals surface area contributed by atoms with Crippen LogP contribution in [0.25, 0.3) is 0 Å². The third-order valence-electron chi connectivity index (χ3n) is 2.80. The summed E-state index contributed by atoms with van der Waals surface area (Å²) in [7, 11) is 0. The maximum atomic E-state index is 11.5. The predicted molar refractivity (Wildman–Crippen MR) is 79.3 cm³/mol. The second kappa shape index (κ2) is 6.87. The van der Waals surface area contributed by atoms with Crippen LogP contribution in [0.2, 0.25) is 0 Å². The van der Waals surface area contributed by atoms with Crippen LogP contribution in [-0.2, 0) is 4.79 Å². The molecule has 1 amide bonds. The van der Waals surface area contributed by atoms with E-state index in [1.54, 1.807) is 12.4 Å². The predicted octanol–water partition coefficient (Wildman–Crippen LogP) is 1.73. The van der Waals surface area contributed by atoms with E-state index in [4.69, 9.17) is 0 Å². The molecule has 1 heterocycles. The van der Waals surface area contributed by atoms with Crippen molar-refractivity contribution in [3.8, 4) is 0 Å². The molecule has 2 unspecified atom stereocenters. The van der Waals surface area contributed by atoms with E-state index in [0.717, 1.165) is 11.4 Å². The highest BCUT2D eigenvalue weighted by Crippen LogP contribution is 2.13. The van der Waals surface area contributed by atoms with Crippen molar-refractivity contribution in [2.75, 3.05) is 6.54 Å². The Morgan fingerprint density at radius 2 is 2.37 bits per heavy atom. The molecular weight excluding hydrogens is 240 g/mol. The molecule has 2 atom stereocenters. The van der Waals surface area contributed by atoms with Crippen LogP contribution in [0, 0.1) is 0 Å². The minimum Gasteiger partial charge on any atom is -0.349 e. The van der Waals surface area contributed by atoms with E-state index in [0.29, 0.717) is 0 Å². The molecule has 0 radical (unpaired) electrons. The highest BCUT2D eigenvalue weighted by Gasteiger charge is 2.15. The van der Waals surface area contributed by atoms with Crippen LogP contribution in [-0.4, -0.2) is 41.6 Å². The minimum atomic E-state index is -0.116. The van der Waals surface area contributed by atoms with Crippen LogP contribution in [0.4, 0.5) is 0 Å². The standard InChI is InChI=1S/C14H22N4O/c1-6-10(2)17-14(19)8-15-9-18-12(4)7-11(3)16-13(18)5/h6-7,9-10,13H,1,8H2,2-5H3,(H,17,19)/b15-9-. The SMILES string of the molecule is C=CC(C)NC(=O)C/N=C\N1C(C)=CC(C)=NC1C. The van der Waals surface area contributed by atoms with Gasteiger partial charge in [0.05, 0.1) is 6.34 Å². The zero-order valence-corrected chi connectivity index (χ0v) is 12.1. The number of nitrogens with zero attached hydrogens (tertiary/aromatic N) is 3. The van der Waals surface area contributed by atoms with Crippen LogP contribution in [0.3, 0.4) is 0 Å². The van der Waals surface area contributed by atoms with E-state index in [1.807, 2.05) is 38.7 Å². The zero-order valence-electron chi connectivity index (χ0n) is 12.1. The molecule has 0 saturated heterocycles. The largest absolute Gasteiger partial charge is 0.349 e. The van der Waals surface area contributed by atoms with Gasteiger partial charge in [-0.05, 0) is 33.8 Å². The first-order valence-corrected chi connectivity index (χ1v) is 6.37. The molecule has 19 heavy (non-hydrogen) atoms. The van der Waals surface area contributed by atoms with Gasteiger partial charge in [0.25, 0.3) is 0 Å². The Morgan fingerprint density at radius 1 is 1.68 bits per heavy atom. The lowest BCUT2D eigenvalue weighted by Crippen LogP contribution is -2.34. The molecule has 0 bridgehead atoms. The van der Waals surface area contributed by atoms with Crippen molar-refractivity contribution in [2.24, 2.45) is 9.98 Å². The van der Waals surface area contributed by atoms with Gasteiger partial charge in [0, 0.05) is 17.5 Å². The Bertz CT molecular complexity index is 437. The van der Waals surface area contributed by atoms with Crippen molar-refractivity contribution in [1.29, 1.82) is 0 Å². The summed E-state index contributed by atoms with van der Waals surface area (Å²) in [6.45, 7) is 11.5. The molecule has 1 aliphatic rings. The highest BCUT2D eigenvalue weighted by molar-refractivity contribution is 5.94. The van der Waals surface area contributed by atoms with E-state index >= 15 is 0 Å². The molecule has 0 aliphatic carbocycles. The Hall–Kier alpha value is -1.91. The van der Waals surface area contributed by atoms with Gasteiger partial charge < -0.3 is 10.2 Å². The fourth-order valence-electron chi connectivity index (χ4n) is 1.82. The van der Waals surface area contributed by atoms with Gasteiger partial charge >= 0.3 is 0 Å². The van der Waals surface area contributed by atoms with Crippen molar-refractivity contribution in [3.05, 3.63) is 24.4 Å². The number of carbonyl (C=O) groups is 1. The summed E-state index contributed by atoms with van der Waals surface area (Å²) in [5.74, 6) is -0.116. The van der Waals surface area contributed by atoms with Gasteiger partial charge in [0.15, 0.2) is 0 Å². The molecule has 5 heteroatoms. The molecule has 0 aromatic heterocycles. The molecule has 1 N–H and O–H groups in total. The Balaban J connectivity index is 2.52. The number of hydrogen-bond acceptors (Lipinski definition) is 3. The lowest BCUT2D eigenvalue weighted by molar-refractivity contribution is -0.120. The lowest BCUT2D eigenvalue weighted by Gasteiger charge is -2.28. The number of rotatable bonds is 5. The van der Waals surface area contributed by atoms with Gasteiger partial charge in [0.2, 0.25) is 5.91 Å². The number of hydrogen-bond donors (Lipinski definition) is 1. The van der Waals surface area contributed by atoms with E-state index in [9.17, 15) is 4.79 Å². The van der Waals surface area contributed by atoms with Crippen molar-refractivity contribution in [3.63, 3.8) is 0 Å². The maximum Gasteiger partial charge on any atom is 0.242 e. The van der Waals surface area contributed by atoms with E-state index < -0.39 is 0 Å². The quantitative estimate of drug-likeness (QED) is 0.466. The highest BCUT2D eigenvalue weighted by atomic mass is 16.1. The van der Waals surface area contributed by atoms with E-state index in [1.165, 1.54) is 0 Å². The van der Waals surface area contributed by atoms with Gasteiger partial charge in [-0.25, -0.2) is 0 Å². The first kappa shape index (κ1) is 15.1. The maximum absolute atomic E-state index is 11.5. The fraction of sp³-hybridized carbons (Fsp3) is 0.500. The molecule has 0 aromatic rings. The third kappa shape index (κ3) is 4.69. The fourth-order valence-corrected chi connectivity index (χ4v) is 1.82. The van der Waals surface area contributed by atoms with Crippen LogP contribution in [0.15, 0.2) is 34.4 Å². The number of amides is 1. The molecule has 104 valence electrons. The second-order valence-corrected chi connectivity index (χ2v) is 4.64. The van der Waals surface area contributed by atoms with Crippen LogP contribution < -0.4 is 5.32 Å². The van der Waals surface area contributed by atoms with Gasteiger partial charge in [-0.3, -0.25) is 14.8 Å². The Labute approximate surface area is 114 Å². The molecule has 1 rings (SSSR count). The zero-order chi connectivity index (χ0) is 14.4. The number of carbonyl (C=O) groups excluding carboxylic acids is 1. The summed E-state index contributed by atoms with van der Waals surface area (Å²) in [4.78, 5) is 22.1. The molecule has 1 aliphatic heterocycles. The summed E-state index contributed by atoms with van der Waals surface area (Å²) in [6, 6.07) is -0.0366. The molecule has 0 spiro atoms. The molecule has 0 aromatic carbocycles. The first-order chi connectivity index (χ1) is 8.93. The summed E-state index contributed by atoms with van der Waals surface area (Å²) in [6.07, 6.45) is 5.36. The van der Waals surface area contributed by atoms with Gasteiger partial charge in [-0.2, -0.15) is 0 Å². The van der Waals surface area contributed by atoms with Gasteiger partial charge in [-0.15, -0.1) is 6.58 Å². The van der Waals surface area contributed by atoms with Crippen molar-refractivity contribution in [2.45, 2.75) is 39.9 Å². The average molecular weight is 262 g/mol.